The molecule has 0 bridgehead atoms. The first-order valence-corrected chi connectivity index (χ1v) is 9.07. The fraction of sp³-hybridized carbons (Fsp3) is 0.389. The van der Waals surface area contributed by atoms with Crippen LogP contribution in [0.2, 0.25) is 0 Å². The Labute approximate surface area is 156 Å². The molecule has 1 heterocycles. The summed E-state index contributed by atoms with van der Waals surface area (Å²) < 4.78 is 4.12. The number of nitriles is 1. The Morgan fingerprint density at radius 3 is 2.77 bits per heavy atom. The van der Waals surface area contributed by atoms with Crippen LogP contribution < -0.4 is 10.0 Å². The third-order valence-corrected chi connectivity index (χ3v) is 4.77. The van der Waals surface area contributed by atoms with Crippen molar-refractivity contribution in [3.8, 4) is 6.07 Å². The van der Waals surface area contributed by atoms with Crippen molar-refractivity contribution >= 4 is 33.9 Å². The highest BCUT2D eigenvalue weighted by Gasteiger charge is 2.10. The number of carbonyl (C=O) groups excluding carboxylic acids is 1. The highest BCUT2D eigenvalue weighted by atomic mass is 32.1. The number of rotatable bonds is 8. The monoisotopic (exact) mass is 370 g/mol. The number of hydrogen-bond donors (Lipinski definition) is 0. The van der Waals surface area contributed by atoms with Gasteiger partial charge in [0.1, 0.15) is 11.6 Å². The summed E-state index contributed by atoms with van der Waals surface area (Å²) in [6.45, 7) is 7.16. The second-order valence-electron chi connectivity index (χ2n) is 5.79. The summed E-state index contributed by atoms with van der Waals surface area (Å²) in [5.74, 6) is -1.02. The molecule has 0 fully saturated rings. The minimum absolute atomic E-state index is 0.0528. The molecule has 0 radical (unpaired) electrons. The van der Waals surface area contributed by atoms with Gasteiger partial charge in [-0.1, -0.05) is 0 Å². The standard InChI is InChI=1S/C18H21N5O2S/c1-4-23(9-5-6-17(24)25)14-7-8-16(12(2)10-14)20-21-18-15(11-19)13(3)22-26-18/h7-8,10H,4-6,9H2,1-3H3,(H,24,25)/p-1. The van der Waals surface area contributed by atoms with Crippen molar-refractivity contribution in [1.29, 1.82) is 5.26 Å². The molecule has 0 N–H and O–H groups in total. The molecule has 2 aromatic rings. The lowest BCUT2D eigenvalue weighted by molar-refractivity contribution is -0.305. The molecule has 1 aromatic carbocycles. The van der Waals surface area contributed by atoms with Gasteiger partial charge in [0.05, 0.1) is 11.4 Å². The minimum atomic E-state index is -1.02. The summed E-state index contributed by atoms with van der Waals surface area (Å²) >= 11 is 1.15. The van der Waals surface area contributed by atoms with Gasteiger partial charge < -0.3 is 14.8 Å². The molecule has 0 spiro atoms. The van der Waals surface area contributed by atoms with E-state index in [1.165, 1.54) is 0 Å². The van der Waals surface area contributed by atoms with Crippen LogP contribution in [0.4, 0.5) is 16.4 Å². The van der Waals surface area contributed by atoms with Gasteiger partial charge in [0.2, 0.25) is 0 Å². The molecular weight excluding hydrogens is 350 g/mol. The molecule has 8 heteroatoms. The first-order valence-electron chi connectivity index (χ1n) is 8.29. The first kappa shape index (κ1) is 19.5. The lowest BCUT2D eigenvalue weighted by Crippen LogP contribution is -2.27. The molecule has 0 saturated carbocycles. The van der Waals surface area contributed by atoms with Crippen molar-refractivity contribution < 1.29 is 9.90 Å². The Hall–Kier alpha value is -2.79. The Kier molecular flexibility index (Phi) is 6.81. The number of aliphatic carboxylic acids is 1. The molecule has 0 aliphatic carbocycles. The number of carboxylic acids is 1. The normalized spacial score (nSPS) is 10.8. The lowest BCUT2D eigenvalue weighted by Gasteiger charge is -2.24. The molecule has 0 unspecified atom stereocenters. The van der Waals surface area contributed by atoms with Crippen molar-refractivity contribution in [3.05, 3.63) is 35.0 Å². The van der Waals surface area contributed by atoms with Crippen molar-refractivity contribution in [1.82, 2.24) is 4.37 Å². The van der Waals surface area contributed by atoms with Crippen molar-refractivity contribution in [2.24, 2.45) is 10.2 Å². The number of nitrogens with zero attached hydrogens (tertiary/aromatic N) is 5. The largest absolute Gasteiger partial charge is 0.550 e. The maximum atomic E-state index is 10.6. The molecule has 0 atom stereocenters. The number of anilines is 1. The SMILES string of the molecule is CCN(CCCC(=O)[O-])c1ccc(N=Nc2snc(C)c2C#N)c(C)c1. The van der Waals surface area contributed by atoms with E-state index in [1.54, 1.807) is 6.92 Å². The molecule has 26 heavy (non-hydrogen) atoms. The average Bonchev–Trinajstić information content (AvgIpc) is 2.97. The Morgan fingerprint density at radius 1 is 1.38 bits per heavy atom. The molecular formula is C18H20N5O2S-. The summed E-state index contributed by atoms with van der Waals surface area (Å²) in [5.41, 5.74) is 3.79. The van der Waals surface area contributed by atoms with Crippen LogP contribution in [0.25, 0.3) is 0 Å². The zero-order valence-electron chi connectivity index (χ0n) is 15.0. The molecule has 7 nitrogen and oxygen atoms in total. The predicted molar refractivity (Wildman–Crippen MR) is 99.0 cm³/mol. The Bertz CT molecular complexity index is 854. The van der Waals surface area contributed by atoms with E-state index >= 15 is 0 Å². The van der Waals surface area contributed by atoms with Crippen LogP contribution in [0.3, 0.4) is 0 Å². The van der Waals surface area contributed by atoms with Crippen LogP contribution in [0.15, 0.2) is 28.4 Å². The third kappa shape index (κ3) is 4.86. The van der Waals surface area contributed by atoms with Gasteiger partial charge in [-0.3, -0.25) is 0 Å². The van der Waals surface area contributed by atoms with Gasteiger partial charge in [0, 0.05) is 24.7 Å². The third-order valence-electron chi connectivity index (χ3n) is 3.94. The van der Waals surface area contributed by atoms with Crippen molar-refractivity contribution in [3.63, 3.8) is 0 Å². The minimum Gasteiger partial charge on any atom is -0.550 e. The topological polar surface area (TPSA) is 105 Å². The maximum absolute atomic E-state index is 10.6. The second-order valence-corrected chi connectivity index (χ2v) is 6.54. The number of hydrogen-bond acceptors (Lipinski definition) is 8. The summed E-state index contributed by atoms with van der Waals surface area (Å²) in [7, 11) is 0. The molecule has 0 amide bonds. The van der Waals surface area contributed by atoms with Crippen LogP contribution in [-0.4, -0.2) is 23.4 Å². The van der Waals surface area contributed by atoms with Gasteiger partial charge in [0.25, 0.3) is 0 Å². The first-order chi connectivity index (χ1) is 12.5. The van der Waals surface area contributed by atoms with Crippen LogP contribution in [-0.2, 0) is 4.79 Å². The number of aryl methyl sites for hydroxylation is 2. The van der Waals surface area contributed by atoms with Gasteiger partial charge in [-0.25, -0.2) is 0 Å². The van der Waals surface area contributed by atoms with E-state index in [2.05, 4.69) is 25.6 Å². The zero-order valence-corrected chi connectivity index (χ0v) is 15.8. The van der Waals surface area contributed by atoms with E-state index in [-0.39, 0.29) is 6.42 Å². The van der Waals surface area contributed by atoms with Gasteiger partial charge in [-0.15, -0.1) is 10.2 Å². The molecule has 0 aliphatic rings. The predicted octanol–water partition coefficient (Wildman–Crippen LogP) is 3.40. The molecule has 1 aromatic heterocycles. The lowest BCUT2D eigenvalue weighted by atomic mass is 10.1. The highest BCUT2D eigenvalue weighted by molar-refractivity contribution is 7.10. The number of carboxylic acid groups (broad SMARTS) is 1. The Balaban J connectivity index is 2.14. The van der Waals surface area contributed by atoms with Crippen molar-refractivity contribution in [2.75, 3.05) is 18.0 Å². The fourth-order valence-electron chi connectivity index (χ4n) is 2.49. The van der Waals surface area contributed by atoms with Gasteiger partial charge in [0.15, 0.2) is 5.00 Å². The van der Waals surface area contributed by atoms with E-state index in [1.807, 2.05) is 32.0 Å². The molecule has 0 saturated heterocycles. The van der Waals surface area contributed by atoms with Gasteiger partial charge in [-0.05, 0) is 68.9 Å². The zero-order chi connectivity index (χ0) is 19.1. The molecule has 136 valence electrons. The number of azo groups is 1. The highest BCUT2D eigenvalue weighted by Crippen LogP contribution is 2.31. The number of benzene rings is 1. The Morgan fingerprint density at radius 2 is 2.15 bits per heavy atom. The van der Waals surface area contributed by atoms with Crippen LogP contribution >= 0.6 is 11.5 Å². The van der Waals surface area contributed by atoms with E-state index in [0.717, 1.165) is 35.0 Å². The second kappa shape index (κ2) is 9.06. The van der Waals surface area contributed by atoms with Gasteiger partial charge in [-0.2, -0.15) is 9.64 Å². The summed E-state index contributed by atoms with van der Waals surface area (Å²) in [4.78, 5) is 12.7. The van der Waals surface area contributed by atoms with E-state index in [9.17, 15) is 9.90 Å². The fourth-order valence-corrected chi connectivity index (χ4v) is 3.16. The van der Waals surface area contributed by atoms with E-state index < -0.39 is 5.97 Å². The van der Waals surface area contributed by atoms with E-state index in [4.69, 9.17) is 5.26 Å². The summed E-state index contributed by atoms with van der Waals surface area (Å²) in [6, 6.07) is 7.90. The average molecular weight is 370 g/mol. The molecule has 2 rings (SSSR count). The van der Waals surface area contributed by atoms with Crippen LogP contribution in [0, 0.1) is 25.2 Å². The quantitative estimate of drug-likeness (QED) is 0.662. The summed E-state index contributed by atoms with van der Waals surface area (Å²) in [5, 5.41) is 28.6. The van der Waals surface area contributed by atoms with E-state index in [0.29, 0.717) is 29.2 Å². The smallest absolute Gasteiger partial charge is 0.176 e. The van der Waals surface area contributed by atoms with Gasteiger partial charge >= 0.3 is 0 Å². The van der Waals surface area contributed by atoms with Crippen LogP contribution in [0.1, 0.15) is 36.6 Å². The number of aromatic nitrogens is 1. The maximum Gasteiger partial charge on any atom is 0.176 e. The molecule has 0 aliphatic heterocycles. The summed E-state index contributed by atoms with van der Waals surface area (Å²) in [6.07, 6.45) is 0.593. The van der Waals surface area contributed by atoms with Crippen LogP contribution in [0.5, 0.6) is 0 Å². The van der Waals surface area contributed by atoms with Crippen molar-refractivity contribution in [2.45, 2.75) is 33.6 Å². The number of carbonyl (C=O) groups is 1.